The Labute approximate surface area is 414 Å². The van der Waals surface area contributed by atoms with Crippen LogP contribution in [0.4, 0.5) is 0 Å². The second kappa shape index (κ2) is 18.6. The monoisotopic (exact) mass is 914 g/mol. The summed E-state index contributed by atoms with van der Waals surface area (Å²) in [4.78, 5) is 9.56. The summed E-state index contributed by atoms with van der Waals surface area (Å²) in [6.07, 6.45) is 8.85. The molecule has 0 bridgehead atoms. The van der Waals surface area contributed by atoms with Crippen LogP contribution < -0.4 is 0 Å². The van der Waals surface area contributed by atoms with E-state index in [1.54, 1.807) is 18.2 Å². The first-order valence-corrected chi connectivity index (χ1v) is 23.7. The lowest BCUT2D eigenvalue weighted by atomic mass is 9.85. The van der Waals surface area contributed by atoms with E-state index in [9.17, 15) is 10.5 Å². The maximum atomic E-state index is 10.00. The molecule has 0 spiro atoms. The number of hydrogen-bond donors (Lipinski definition) is 0. The second-order valence-corrected chi connectivity index (χ2v) is 17.8. The highest BCUT2D eigenvalue weighted by Gasteiger charge is 2.30. The van der Waals surface area contributed by atoms with E-state index in [2.05, 4.69) is 214 Å². The molecule has 0 N–H and O–H groups in total. The molecular weight excluding hydrogens is 865 g/mol. The molecule has 8 aromatic carbocycles. The van der Waals surface area contributed by atoms with Crippen LogP contribution in [0.25, 0.3) is 111 Å². The largest absolute Gasteiger partial charge is 0.309 e. The molecule has 0 radical (unpaired) electrons. The lowest BCUT2D eigenvalue weighted by Gasteiger charge is -2.20. The van der Waals surface area contributed by atoms with Gasteiger partial charge in [0.25, 0.3) is 0 Å². The van der Waals surface area contributed by atoms with Gasteiger partial charge < -0.3 is 9.13 Å². The van der Waals surface area contributed by atoms with Crippen LogP contribution in [0, 0.1) is 50.4 Å². The van der Waals surface area contributed by atoms with Gasteiger partial charge in [0.2, 0.25) is 0 Å². The van der Waals surface area contributed by atoms with Crippen LogP contribution in [0.15, 0.2) is 196 Å². The Morgan fingerprint density at radius 1 is 0.423 bits per heavy atom. The number of nitriles is 2. The van der Waals surface area contributed by atoms with Gasteiger partial charge >= 0.3 is 0 Å². The Kier molecular flexibility index (Phi) is 11.9. The fraction of sp³-hybridized carbons (Fsp3) is 0.0769. The molecule has 3 heterocycles. The zero-order valence-electron chi connectivity index (χ0n) is 40.5. The van der Waals surface area contributed by atoms with Crippen molar-refractivity contribution in [1.82, 2.24) is 19.1 Å². The highest BCUT2D eigenvalue weighted by Crippen LogP contribution is 2.52. The summed E-state index contributed by atoms with van der Waals surface area (Å²) in [6.45, 7) is 21.0. The average molecular weight is 915 g/mol. The Morgan fingerprint density at radius 2 is 0.761 bits per heavy atom. The fourth-order valence-corrected chi connectivity index (χ4v) is 10.5. The first-order valence-electron chi connectivity index (χ1n) is 23.7. The number of rotatable bonds is 6. The van der Waals surface area contributed by atoms with Gasteiger partial charge in [0.05, 0.1) is 33.5 Å². The van der Waals surface area contributed by atoms with E-state index in [1.165, 1.54) is 43.6 Å². The molecule has 1 aliphatic carbocycles. The molecule has 71 heavy (non-hydrogen) atoms. The lowest BCUT2D eigenvalue weighted by Crippen LogP contribution is -2.00. The number of allylic oxidation sites excluding steroid dienone is 5. The predicted octanol–water partition coefficient (Wildman–Crippen LogP) is 16.9. The van der Waals surface area contributed by atoms with Crippen LogP contribution in [0.2, 0.25) is 0 Å². The van der Waals surface area contributed by atoms with Crippen LogP contribution in [0.1, 0.15) is 40.6 Å². The molecule has 340 valence electrons. The van der Waals surface area contributed by atoms with Crippen molar-refractivity contribution in [2.24, 2.45) is 0 Å². The minimum atomic E-state index is 0.0377. The van der Waals surface area contributed by atoms with Crippen LogP contribution in [-0.2, 0) is 0 Å². The zero-order chi connectivity index (χ0) is 49.5. The minimum Gasteiger partial charge on any atom is -0.309 e. The van der Waals surface area contributed by atoms with Crippen LogP contribution in [0.3, 0.4) is 0 Å². The topological polar surface area (TPSA) is 83.2 Å². The molecule has 1 aliphatic rings. The van der Waals surface area contributed by atoms with Gasteiger partial charge in [-0.05, 0) is 133 Å². The summed E-state index contributed by atoms with van der Waals surface area (Å²) in [5, 5.41) is 27.1. The van der Waals surface area contributed by atoms with E-state index in [1.807, 2.05) is 19.1 Å². The van der Waals surface area contributed by atoms with Gasteiger partial charge in [0.15, 0.2) is 11.4 Å². The summed E-state index contributed by atoms with van der Waals surface area (Å²) in [7, 11) is 0. The number of para-hydroxylation sites is 4. The van der Waals surface area contributed by atoms with Gasteiger partial charge in [-0.25, -0.2) is 9.97 Å². The maximum Gasteiger partial charge on any atom is 0.177 e. The van der Waals surface area contributed by atoms with Crippen LogP contribution >= 0.6 is 0 Å². The Morgan fingerprint density at radius 3 is 1.07 bits per heavy atom. The third-order valence-corrected chi connectivity index (χ3v) is 13.6. The number of aryl methyl sites for hydroxylation is 4. The molecule has 0 amide bonds. The summed E-state index contributed by atoms with van der Waals surface area (Å²) in [6, 6.07) is 56.8. The molecular formula is C65H50N6. The normalized spacial score (nSPS) is 11.3. The Bertz CT molecular complexity index is 3780. The summed E-state index contributed by atoms with van der Waals surface area (Å²) in [5.74, 6) is 0. The molecule has 0 saturated heterocycles. The van der Waals surface area contributed by atoms with E-state index >= 15 is 0 Å². The van der Waals surface area contributed by atoms with Crippen molar-refractivity contribution in [2.75, 3.05) is 0 Å². The third-order valence-electron chi connectivity index (χ3n) is 13.6. The molecule has 11 aromatic rings. The lowest BCUT2D eigenvalue weighted by molar-refractivity contribution is 1.14. The van der Waals surface area contributed by atoms with Gasteiger partial charge in [-0.15, -0.1) is 0 Å². The van der Waals surface area contributed by atoms with E-state index < -0.39 is 0 Å². The smallest absolute Gasteiger partial charge is 0.177 e. The molecule has 0 saturated carbocycles. The molecule has 3 aromatic heterocycles. The SMILES string of the molecule is C=C/C=C\C.C=CC=C.Cc1cc(-n2c3ccccc3c3ccccc32)c(C)cc1-c1ccc2c3c(ccc(-c4cc(C)c(-n5c6ccccc6c6ccccc65)cc4C)c13)-c1nc(C#N)c(C#N)nc1-2. The number of benzene rings is 8. The van der Waals surface area contributed by atoms with E-state index in [4.69, 9.17) is 9.97 Å². The van der Waals surface area contributed by atoms with Crippen LogP contribution in [0.5, 0.6) is 0 Å². The highest BCUT2D eigenvalue weighted by molar-refractivity contribution is 6.22. The van der Waals surface area contributed by atoms with Crippen molar-refractivity contribution < 1.29 is 0 Å². The number of hydrogen-bond acceptors (Lipinski definition) is 4. The molecule has 6 heteroatoms. The second-order valence-electron chi connectivity index (χ2n) is 17.8. The number of fused-ring (bicyclic) bond motifs is 9. The zero-order valence-corrected chi connectivity index (χ0v) is 40.5. The van der Waals surface area contributed by atoms with Crippen LogP contribution in [-0.4, -0.2) is 19.1 Å². The van der Waals surface area contributed by atoms with E-state index in [0.29, 0.717) is 11.4 Å². The summed E-state index contributed by atoms with van der Waals surface area (Å²) in [5.41, 5.74) is 19.3. The van der Waals surface area contributed by atoms with E-state index in [-0.39, 0.29) is 11.4 Å². The first-order chi connectivity index (χ1) is 34.7. The molecule has 0 fully saturated rings. The predicted molar refractivity (Wildman–Crippen MR) is 297 cm³/mol. The number of nitrogens with zero attached hydrogens (tertiary/aromatic N) is 6. The Balaban J connectivity index is 0.000000598. The summed E-state index contributed by atoms with van der Waals surface area (Å²) < 4.78 is 4.79. The molecule has 0 atom stereocenters. The molecule has 12 rings (SSSR count). The quantitative estimate of drug-likeness (QED) is 0.156. The van der Waals surface area contributed by atoms with Crippen molar-refractivity contribution in [2.45, 2.75) is 34.6 Å². The summed E-state index contributed by atoms with van der Waals surface area (Å²) >= 11 is 0. The van der Waals surface area contributed by atoms with Crippen molar-refractivity contribution in [3.8, 4) is 68.3 Å². The van der Waals surface area contributed by atoms with Gasteiger partial charge in [0, 0.05) is 49.4 Å². The third kappa shape index (κ3) is 7.42. The Hall–Kier alpha value is -9.36. The molecule has 0 unspecified atom stereocenters. The average Bonchev–Trinajstić information content (AvgIpc) is 4.03. The van der Waals surface area contributed by atoms with Crippen molar-refractivity contribution >= 4 is 54.4 Å². The van der Waals surface area contributed by atoms with Gasteiger partial charge in [-0.1, -0.05) is 147 Å². The van der Waals surface area contributed by atoms with Gasteiger partial charge in [-0.2, -0.15) is 10.5 Å². The maximum absolute atomic E-state index is 10.00. The molecule has 0 aliphatic heterocycles. The molecule has 6 nitrogen and oxygen atoms in total. The van der Waals surface area contributed by atoms with Crippen molar-refractivity contribution in [3.05, 3.63) is 229 Å². The number of aromatic nitrogens is 4. The first kappa shape index (κ1) is 45.4. The highest BCUT2D eigenvalue weighted by atomic mass is 15.0. The van der Waals surface area contributed by atoms with Crippen molar-refractivity contribution in [1.29, 1.82) is 10.5 Å². The van der Waals surface area contributed by atoms with E-state index in [0.717, 1.165) is 77.8 Å². The van der Waals surface area contributed by atoms with Gasteiger partial charge in [-0.3, -0.25) is 0 Å². The van der Waals surface area contributed by atoms with Gasteiger partial charge in [0.1, 0.15) is 12.1 Å². The standard InChI is InChI=1S/C56H36N6.C5H8.C4H6/c1-31-27-51(61-47-17-9-5-13-35(47)36-14-6-10-18-48(36)61)33(3)25-43(31)39-21-23-41-54-42(56-55(41)59-45(29-57)46(30-58)60-56)24-22-40(53(39)54)44-26-34(4)52(28-32(44)2)62-49-19-11-7-15-37(49)38-16-8-12-20-50(38)62;1-3-5-4-2;1-3-4-2/h5-28H,1-4H3;3-5H,1H2,2H3;3-4H,1-2H2/b;5-4-;. The van der Waals surface area contributed by atoms with Crippen molar-refractivity contribution in [3.63, 3.8) is 0 Å². The fourth-order valence-electron chi connectivity index (χ4n) is 10.5. The minimum absolute atomic E-state index is 0.0377.